The van der Waals surface area contributed by atoms with Crippen molar-refractivity contribution in [2.24, 2.45) is 0 Å². The van der Waals surface area contributed by atoms with E-state index >= 15 is 0 Å². The average Bonchev–Trinajstić information content (AvgIpc) is 3.86. The van der Waals surface area contributed by atoms with E-state index in [1.165, 1.54) is 84.3 Å². The predicted octanol–water partition coefficient (Wildman–Crippen LogP) is 14.1. The Balaban J connectivity index is 1.31. The number of para-hydroxylation sites is 3. The molecule has 11 rings (SSSR count). The van der Waals surface area contributed by atoms with Gasteiger partial charge in [0, 0.05) is 47.4 Å². The van der Waals surface area contributed by atoms with E-state index in [4.69, 9.17) is 0 Å². The Bertz CT molecular complexity index is 3110. The third kappa shape index (κ3) is 3.95. The van der Waals surface area contributed by atoms with Crippen molar-refractivity contribution in [3.8, 4) is 5.69 Å². The molecule has 234 valence electrons. The smallest absolute Gasteiger partial charge is 0.0782 e. The molecular formula is C46H28N2S2. The zero-order valence-electron chi connectivity index (χ0n) is 26.9. The van der Waals surface area contributed by atoms with E-state index in [0.29, 0.717) is 0 Å². The van der Waals surface area contributed by atoms with Gasteiger partial charge in [0.25, 0.3) is 0 Å². The van der Waals surface area contributed by atoms with Crippen LogP contribution in [0, 0.1) is 0 Å². The zero-order chi connectivity index (χ0) is 32.8. The lowest BCUT2D eigenvalue weighted by molar-refractivity contribution is 1.17. The second-order valence-electron chi connectivity index (χ2n) is 12.9. The number of hydrogen-bond donors (Lipinski definition) is 0. The van der Waals surface area contributed by atoms with E-state index in [0.717, 1.165) is 11.4 Å². The first-order valence-electron chi connectivity index (χ1n) is 16.9. The number of aromatic nitrogens is 1. The average molecular weight is 673 g/mol. The van der Waals surface area contributed by atoms with E-state index in [2.05, 4.69) is 179 Å². The van der Waals surface area contributed by atoms with E-state index in [9.17, 15) is 0 Å². The number of anilines is 3. The second-order valence-corrected chi connectivity index (χ2v) is 14.9. The molecule has 0 spiro atoms. The van der Waals surface area contributed by atoms with Crippen LogP contribution in [0.1, 0.15) is 0 Å². The Morgan fingerprint density at radius 2 is 0.940 bits per heavy atom. The molecular weight excluding hydrogens is 645 g/mol. The molecule has 0 atom stereocenters. The van der Waals surface area contributed by atoms with Crippen LogP contribution in [0.25, 0.3) is 78.6 Å². The molecule has 0 saturated carbocycles. The molecule has 0 saturated heterocycles. The van der Waals surface area contributed by atoms with Crippen LogP contribution in [0.4, 0.5) is 17.1 Å². The first kappa shape index (κ1) is 28.0. The largest absolute Gasteiger partial charge is 0.307 e. The molecule has 11 aromatic rings. The first-order chi connectivity index (χ1) is 24.8. The maximum atomic E-state index is 2.55. The summed E-state index contributed by atoms with van der Waals surface area (Å²) in [5.74, 6) is 0. The molecule has 0 amide bonds. The van der Waals surface area contributed by atoms with Gasteiger partial charge < -0.3 is 9.47 Å². The molecule has 0 aliphatic heterocycles. The summed E-state index contributed by atoms with van der Waals surface area (Å²) >= 11 is 3.80. The van der Waals surface area contributed by atoms with E-state index in [1.807, 2.05) is 22.7 Å². The quantitative estimate of drug-likeness (QED) is 0.181. The maximum absolute atomic E-state index is 2.55. The van der Waals surface area contributed by atoms with Gasteiger partial charge in [0.2, 0.25) is 0 Å². The highest BCUT2D eigenvalue weighted by Gasteiger charge is 2.25. The van der Waals surface area contributed by atoms with E-state index in [-0.39, 0.29) is 0 Å². The molecule has 3 aromatic heterocycles. The highest BCUT2D eigenvalue weighted by Crippen LogP contribution is 2.51. The summed E-state index contributed by atoms with van der Waals surface area (Å²) in [6, 6.07) is 62.3. The molecule has 4 heteroatoms. The van der Waals surface area contributed by atoms with Gasteiger partial charge >= 0.3 is 0 Å². The summed E-state index contributed by atoms with van der Waals surface area (Å²) < 4.78 is 7.67. The summed E-state index contributed by atoms with van der Waals surface area (Å²) in [5.41, 5.74) is 7.08. The molecule has 0 unspecified atom stereocenters. The molecule has 8 aromatic carbocycles. The van der Waals surface area contributed by atoms with Crippen LogP contribution >= 0.6 is 22.7 Å². The number of hydrogen-bond acceptors (Lipinski definition) is 3. The summed E-state index contributed by atoms with van der Waals surface area (Å²) in [4.78, 5) is 2.55. The first-order valence-corrected chi connectivity index (χ1v) is 18.6. The normalized spacial score (nSPS) is 12.0. The monoisotopic (exact) mass is 672 g/mol. The van der Waals surface area contributed by atoms with Crippen molar-refractivity contribution in [2.75, 3.05) is 4.90 Å². The molecule has 0 aliphatic carbocycles. The van der Waals surface area contributed by atoms with Gasteiger partial charge in [-0.05, 0) is 53.2 Å². The van der Waals surface area contributed by atoms with Crippen LogP contribution in [0.2, 0.25) is 0 Å². The van der Waals surface area contributed by atoms with Crippen LogP contribution in [0.5, 0.6) is 0 Å². The van der Waals surface area contributed by atoms with Crippen molar-refractivity contribution in [3.05, 3.63) is 170 Å². The minimum absolute atomic E-state index is 1.15. The van der Waals surface area contributed by atoms with Crippen LogP contribution in [0.15, 0.2) is 170 Å². The van der Waals surface area contributed by atoms with Gasteiger partial charge in [-0.25, -0.2) is 0 Å². The number of thiophene rings is 2. The molecule has 0 radical (unpaired) electrons. The topological polar surface area (TPSA) is 8.17 Å². The lowest BCUT2D eigenvalue weighted by Crippen LogP contribution is -2.12. The maximum Gasteiger partial charge on any atom is 0.0782 e. The minimum Gasteiger partial charge on any atom is -0.307 e. The molecule has 3 heterocycles. The predicted molar refractivity (Wildman–Crippen MR) is 219 cm³/mol. The number of nitrogens with zero attached hydrogens (tertiary/aromatic N) is 2. The third-order valence-corrected chi connectivity index (χ3v) is 12.6. The van der Waals surface area contributed by atoms with Crippen LogP contribution in [-0.2, 0) is 0 Å². The summed E-state index contributed by atoms with van der Waals surface area (Å²) in [7, 11) is 0. The lowest BCUT2D eigenvalue weighted by atomic mass is 10.0. The van der Waals surface area contributed by atoms with E-state index < -0.39 is 0 Å². The second kappa shape index (κ2) is 10.8. The van der Waals surface area contributed by atoms with Gasteiger partial charge in [0.15, 0.2) is 0 Å². The molecule has 2 nitrogen and oxygen atoms in total. The molecule has 50 heavy (non-hydrogen) atoms. The molecule has 0 bridgehead atoms. The molecule has 0 aliphatic rings. The Labute approximate surface area is 296 Å². The lowest BCUT2D eigenvalue weighted by Gasteiger charge is -2.28. The number of fused-ring (bicyclic) bond motifs is 11. The Kier molecular flexibility index (Phi) is 6.03. The number of rotatable bonds is 4. The Morgan fingerprint density at radius 3 is 1.76 bits per heavy atom. The van der Waals surface area contributed by atoms with Crippen LogP contribution < -0.4 is 4.90 Å². The highest BCUT2D eigenvalue weighted by atomic mass is 32.1. The van der Waals surface area contributed by atoms with Gasteiger partial charge in [0.05, 0.1) is 37.5 Å². The van der Waals surface area contributed by atoms with Crippen molar-refractivity contribution in [3.63, 3.8) is 0 Å². The van der Waals surface area contributed by atoms with Gasteiger partial charge in [-0.2, -0.15) is 0 Å². The van der Waals surface area contributed by atoms with Crippen molar-refractivity contribution in [1.82, 2.24) is 4.57 Å². The van der Waals surface area contributed by atoms with Gasteiger partial charge in [0.1, 0.15) is 0 Å². The summed E-state index contributed by atoms with van der Waals surface area (Å²) in [5, 5.41) is 10.3. The summed E-state index contributed by atoms with van der Waals surface area (Å²) in [6.45, 7) is 0. The minimum atomic E-state index is 1.15. The van der Waals surface area contributed by atoms with Gasteiger partial charge in [-0.3, -0.25) is 0 Å². The van der Waals surface area contributed by atoms with Gasteiger partial charge in [-0.15, -0.1) is 22.7 Å². The van der Waals surface area contributed by atoms with Crippen LogP contribution in [0.3, 0.4) is 0 Å². The highest BCUT2D eigenvalue weighted by molar-refractivity contribution is 7.27. The Morgan fingerprint density at radius 1 is 0.360 bits per heavy atom. The zero-order valence-corrected chi connectivity index (χ0v) is 28.5. The van der Waals surface area contributed by atoms with Crippen molar-refractivity contribution < 1.29 is 0 Å². The van der Waals surface area contributed by atoms with E-state index in [1.54, 1.807) is 0 Å². The van der Waals surface area contributed by atoms with Crippen molar-refractivity contribution in [1.29, 1.82) is 0 Å². The molecule has 0 N–H and O–H groups in total. The van der Waals surface area contributed by atoms with Crippen LogP contribution in [-0.4, -0.2) is 4.57 Å². The SMILES string of the molecule is c1ccc(-n2c3ccccc3c3cccc(N(c4cccc5c4sc4ccccc45)c4cccc5c4sc4c6ccccc6ccc54)c32)cc1. The Hall–Kier alpha value is -5.94. The fourth-order valence-corrected chi connectivity index (χ4v) is 10.6. The third-order valence-electron chi connectivity index (χ3n) is 10.2. The molecule has 0 fully saturated rings. The van der Waals surface area contributed by atoms with Crippen molar-refractivity contribution >= 4 is 113 Å². The fraction of sp³-hybridized carbons (Fsp3) is 0. The fourth-order valence-electron chi connectivity index (χ4n) is 8.01. The summed E-state index contributed by atoms with van der Waals surface area (Å²) in [6.07, 6.45) is 0. The number of benzene rings is 8. The van der Waals surface area contributed by atoms with Crippen molar-refractivity contribution in [2.45, 2.75) is 0 Å². The van der Waals surface area contributed by atoms with Gasteiger partial charge in [-0.1, -0.05) is 127 Å². The standard InChI is InChI=1S/C46H28N2S2/c1-2-14-30(15-3-1)47-38-22-8-6-17-32(38)34-19-10-23-39(43(34)47)48(40-24-11-20-35-33-18-7-9-26-42(33)49-45(35)40)41-25-12-21-36-37-28-27-29-13-4-5-16-31(29)44(37)50-46(36)41/h1-28H.